The molecule has 1 aliphatic heterocycles. The number of carbonyl (C=O) groups excluding carboxylic acids is 2. The number of benzene rings is 3. The number of nitrogens with one attached hydrogen (secondary N) is 2. The maximum atomic E-state index is 16.3. The summed E-state index contributed by atoms with van der Waals surface area (Å²) in [4.78, 5) is 28.5. The van der Waals surface area contributed by atoms with Gasteiger partial charge in [-0.1, -0.05) is 42.5 Å². The summed E-state index contributed by atoms with van der Waals surface area (Å²) in [6.07, 6.45) is -6.43. The summed E-state index contributed by atoms with van der Waals surface area (Å²) < 4.78 is 91.6. The maximum Gasteiger partial charge on any atom is 0.573 e. The Morgan fingerprint density at radius 2 is 1.66 bits per heavy atom. The summed E-state index contributed by atoms with van der Waals surface area (Å²) in [6.45, 7) is 7.77. The molecule has 0 radical (unpaired) electrons. The number of ether oxygens (including phenoxy) is 2. The summed E-state index contributed by atoms with van der Waals surface area (Å²) in [5, 5.41) is 17.5. The van der Waals surface area contributed by atoms with Gasteiger partial charge in [-0.05, 0) is 89.3 Å². The van der Waals surface area contributed by atoms with Crippen LogP contribution in [0.5, 0.6) is 5.75 Å². The number of carbonyl (C=O) groups is 2. The Morgan fingerprint density at radius 1 is 0.981 bits per heavy atom. The number of sulfonamides is 1. The largest absolute Gasteiger partial charge is 0.573 e. The Hall–Kier alpha value is -4.57. The first-order chi connectivity index (χ1) is 24.7. The third kappa shape index (κ3) is 12.2. The summed E-state index contributed by atoms with van der Waals surface area (Å²) in [6, 6.07) is 15.0. The van der Waals surface area contributed by atoms with Gasteiger partial charge >= 0.3 is 12.5 Å². The number of aliphatic hydroxyl groups excluding tert-OH is 1. The average Bonchev–Trinajstić information content (AvgIpc) is 3.03. The molecule has 0 unspecified atom stereocenters. The minimum Gasteiger partial charge on any atom is -0.444 e. The zero-order valence-corrected chi connectivity index (χ0v) is 31.1. The fourth-order valence-corrected chi connectivity index (χ4v) is 7.40. The van der Waals surface area contributed by atoms with Crippen molar-refractivity contribution in [1.29, 1.82) is 0 Å². The summed E-state index contributed by atoms with van der Waals surface area (Å²) in [5.41, 5.74) is -0.532. The Labute approximate surface area is 307 Å². The molecule has 1 aliphatic rings. The van der Waals surface area contributed by atoms with Crippen LogP contribution in [0.25, 0.3) is 0 Å². The smallest absolute Gasteiger partial charge is 0.444 e. The van der Waals surface area contributed by atoms with Gasteiger partial charge in [0.1, 0.15) is 11.4 Å². The second-order valence-corrected chi connectivity index (χ2v) is 16.2. The molecule has 0 bridgehead atoms. The molecule has 3 aromatic rings. The van der Waals surface area contributed by atoms with Gasteiger partial charge in [0, 0.05) is 24.8 Å². The molecule has 0 aromatic heterocycles. The second kappa shape index (κ2) is 17.1. The van der Waals surface area contributed by atoms with Crippen molar-refractivity contribution in [3.8, 4) is 5.75 Å². The third-order valence-electron chi connectivity index (χ3n) is 8.02. The number of aliphatic hydroxyl groups is 1. The maximum absolute atomic E-state index is 16.3. The van der Waals surface area contributed by atoms with Crippen molar-refractivity contribution in [3.63, 3.8) is 0 Å². The first-order valence-corrected chi connectivity index (χ1v) is 18.8. The lowest BCUT2D eigenvalue weighted by molar-refractivity contribution is -0.274. The zero-order chi connectivity index (χ0) is 39.1. The number of rotatable bonds is 13. The zero-order valence-electron chi connectivity index (χ0n) is 30.2. The second-order valence-electron chi connectivity index (χ2n) is 14.1. The van der Waals surface area contributed by atoms with Crippen LogP contribution in [-0.2, 0) is 27.7 Å². The van der Waals surface area contributed by atoms with E-state index in [1.807, 2.05) is 13.8 Å². The molecule has 0 saturated carbocycles. The van der Waals surface area contributed by atoms with Gasteiger partial charge in [0.2, 0.25) is 10.0 Å². The molecule has 1 saturated heterocycles. The van der Waals surface area contributed by atoms with E-state index in [2.05, 4.69) is 15.4 Å². The van der Waals surface area contributed by atoms with Crippen molar-refractivity contribution < 1.29 is 50.1 Å². The van der Waals surface area contributed by atoms with Crippen molar-refractivity contribution >= 4 is 33.4 Å². The lowest BCUT2D eigenvalue weighted by atomic mass is 9.99. The molecule has 3 N–H and O–H groups in total. The van der Waals surface area contributed by atoms with Crippen LogP contribution >= 0.6 is 0 Å². The van der Waals surface area contributed by atoms with Gasteiger partial charge < -0.3 is 30.1 Å². The molecule has 4 rings (SSSR count). The van der Waals surface area contributed by atoms with E-state index in [1.54, 1.807) is 51.1 Å². The number of halogens is 4. The Morgan fingerprint density at radius 3 is 2.28 bits per heavy atom. The minimum absolute atomic E-state index is 0.0176. The minimum atomic E-state index is -4.95. The first-order valence-electron chi connectivity index (χ1n) is 17.2. The topological polar surface area (TPSA) is 138 Å². The number of anilines is 2. The molecule has 11 nitrogen and oxygen atoms in total. The normalized spacial score (nSPS) is 15.7. The van der Waals surface area contributed by atoms with Crippen molar-refractivity contribution in [3.05, 3.63) is 89.2 Å². The fourth-order valence-electron chi connectivity index (χ4n) is 5.77. The molecule has 1 fully saturated rings. The lowest BCUT2D eigenvalue weighted by Gasteiger charge is -2.32. The molecule has 53 heavy (non-hydrogen) atoms. The summed E-state index contributed by atoms with van der Waals surface area (Å²) >= 11 is 0. The molecule has 0 spiro atoms. The lowest BCUT2D eigenvalue weighted by Crippen LogP contribution is -2.51. The standard InChI is InChI=1S/C37H46F4N4O7S/c1-24(2)42-27-20-29(33(38)31(21-27)45-16-9-10-17-53(45,49)50)34(47)43-30(19-25-12-7-6-8-13-25)32(46)23-44(35(48)52-36(3,4)5)22-26-14-11-15-28(18-26)51-37(39,40)41/h6-8,11-15,18,20-21,24,30,32,42,46H,9-10,16-17,19,22-23H2,1-5H3,(H,43,47)/t30-,32+/m0/s1. The van der Waals surface area contributed by atoms with Crippen LogP contribution in [0.2, 0.25) is 0 Å². The third-order valence-corrected chi connectivity index (χ3v) is 9.87. The molecule has 0 aliphatic carbocycles. The number of hydrogen-bond acceptors (Lipinski definition) is 8. The first kappa shape index (κ1) is 41.2. The average molecular weight is 767 g/mol. The Bertz CT molecular complexity index is 1840. The van der Waals surface area contributed by atoms with Crippen molar-refractivity contribution in [2.45, 2.75) is 90.6 Å². The van der Waals surface area contributed by atoms with Crippen LogP contribution in [0.1, 0.15) is 68.9 Å². The number of hydrogen-bond donors (Lipinski definition) is 3. The van der Waals surface area contributed by atoms with Gasteiger partial charge in [-0.15, -0.1) is 13.2 Å². The van der Waals surface area contributed by atoms with Crippen LogP contribution in [-0.4, -0.2) is 79.4 Å². The monoisotopic (exact) mass is 766 g/mol. The van der Waals surface area contributed by atoms with Gasteiger partial charge in [0.25, 0.3) is 5.91 Å². The van der Waals surface area contributed by atoms with Crippen molar-refractivity contribution in [1.82, 2.24) is 10.2 Å². The van der Waals surface area contributed by atoms with Gasteiger partial charge in [-0.2, -0.15) is 0 Å². The Kier molecular flexibility index (Phi) is 13.3. The highest BCUT2D eigenvalue weighted by atomic mass is 32.2. The van der Waals surface area contributed by atoms with E-state index >= 15 is 4.39 Å². The highest BCUT2D eigenvalue weighted by molar-refractivity contribution is 7.92. The predicted molar refractivity (Wildman–Crippen MR) is 193 cm³/mol. The molecule has 2 atom stereocenters. The van der Waals surface area contributed by atoms with E-state index in [4.69, 9.17) is 4.74 Å². The van der Waals surface area contributed by atoms with Gasteiger partial charge in [-0.25, -0.2) is 17.6 Å². The highest BCUT2D eigenvalue weighted by Gasteiger charge is 2.34. The van der Waals surface area contributed by atoms with Crippen molar-refractivity contribution in [2.75, 3.05) is 28.5 Å². The fraction of sp³-hybridized carbons (Fsp3) is 0.459. The molecule has 2 amide bonds. The van der Waals surface area contributed by atoms with E-state index in [0.717, 1.165) is 21.3 Å². The molecule has 290 valence electrons. The Balaban J connectivity index is 1.69. The molecule has 16 heteroatoms. The number of amides is 2. The van der Waals surface area contributed by atoms with Gasteiger partial charge in [-0.3, -0.25) is 9.10 Å². The number of alkyl halides is 3. The molecule has 1 heterocycles. The summed E-state index contributed by atoms with van der Waals surface area (Å²) in [7, 11) is -3.86. The molecular formula is C37H46F4N4O7S. The molecular weight excluding hydrogens is 720 g/mol. The van der Waals surface area contributed by atoms with Crippen molar-refractivity contribution in [2.24, 2.45) is 0 Å². The SMILES string of the molecule is CC(C)Nc1cc(C(=O)N[C@@H](Cc2ccccc2)[C@H](O)CN(Cc2cccc(OC(F)(F)F)c2)C(=O)OC(C)(C)C)c(F)c(N2CCCCS2(=O)=O)c1. The van der Waals surface area contributed by atoms with Crippen LogP contribution in [0.15, 0.2) is 66.7 Å². The van der Waals surface area contributed by atoms with Gasteiger partial charge in [0.05, 0.1) is 35.7 Å². The van der Waals surface area contributed by atoms with Crippen LogP contribution < -0.4 is 19.7 Å². The summed E-state index contributed by atoms with van der Waals surface area (Å²) in [5.74, 6) is -2.70. The van der Waals surface area contributed by atoms with E-state index in [9.17, 15) is 36.3 Å². The van der Waals surface area contributed by atoms with E-state index in [-0.39, 0.29) is 42.6 Å². The van der Waals surface area contributed by atoms with Crippen LogP contribution in [0, 0.1) is 5.82 Å². The number of nitrogens with zero attached hydrogens (tertiary/aromatic N) is 2. The van der Waals surface area contributed by atoms with Crippen LogP contribution in [0.4, 0.5) is 33.7 Å². The quantitative estimate of drug-likeness (QED) is 0.165. The van der Waals surface area contributed by atoms with E-state index in [1.165, 1.54) is 24.3 Å². The van der Waals surface area contributed by atoms with E-state index in [0.29, 0.717) is 24.1 Å². The van der Waals surface area contributed by atoms with E-state index < -0.39 is 69.8 Å². The predicted octanol–water partition coefficient (Wildman–Crippen LogP) is 6.61. The van der Waals surface area contributed by atoms with Gasteiger partial charge in [0.15, 0.2) is 5.82 Å². The van der Waals surface area contributed by atoms with Crippen LogP contribution in [0.3, 0.4) is 0 Å². The molecule has 3 aromatic carbocycles. The highest BCUT2D eigenvalue weighted by Crippen LogP contribution is 2.32.